The molecule has 0 radical (unpaired) electrons. The minimum absolute atomic E-state index is 0.215. The Morgan fingerprint density at radius 1 is 1.44 bits per heavy atom. The van der Waals surface area contributed by atoms with Crippen molar-refractivity contribution in [3.63, 3.8) is 0 Å². The zero-order chi connectivity index (χ0) is 11.5. The number of hydrogen-bond donors (Lipinski definition) is 1. The Morgan fingerprint density at radius 3 is 2.69 bits per heavy atom. The monoisotopic (exact) mass is 213 g/mol. The predicted molar refractivity (Wildman–Crippen MR) is 59.6 cm³/mol. The molecular weight excluding hydrogens is 202 g/mol. The molecule has 3 nitrogen and oxygen atoms in total. The summed E-state index contributed by atoms with van der Waals surface area (Å²) in [6, 6.07) is 9.35. The largest absolute Gasteiger partial charge is 0.477 e. The van der Waals surface area contributed by atoms with Crippen molar-refractivity contribution in [2.24, 2.45) is 0 Å². The molecule has 80 valence electrons. The highest BCUT2D eigenvalue weighted by Crippen LogP contribution is 2.41. The van der Waals surface area contributed by atoms with Crippen LogP contribution in [0.3, 0.4) is 0 Å². The Labute approximate surface area is 93.6 Å². The average Bonchev–Trinajstić information content (AvgIpc) is 3.09. The lowest BCUT2D eigenvalue weighted by atomic mass is 10.0. The molecule has 0 unspecified atom stereocenters. The van der Waals surface area contributed by atoms with Crippen molar-refractivity contribution in [2.45, 2.75) is 18.8 Å². The molecule has 0 atom stereocenters. The highest BCUT2D eigenvalue weighted by molar-refractivity contribution is 5.96. The van der Waals surface area contributed by atoms with Gasteiger partial charge in [0.25, 0.3) is 0 Å². The number of nitrogens with zero attached hydrogens (tertiary/aromatic N) is 1. The van der Waals surface area contributed by atoms with Gasteiger partial charge < -0.3 is 5.11 Å². The summed E-state index contributed by atoms with van der Waals surface area (Å²) in [5, 5.41) is 17.5. The van der Waals surface area contributed by atoms with E-state index in [0.717, 1.165) is 24.0 Å². The zero-order valence-corrected chi connectivity index (χ0v) is 8.68. The maximum Gasteiger partial charge on any atom is 0.346 e. The Hall–Kier alpha value is -2.08. The van der Waals surface area contributed by atoms with Gasteiger partial charge in [-0.15, -0.1) is 0 Å². The number of carboxylic acid groups (broad SMARTS) is 1. The van der Waals surface area contributed by atoms with Crippen molar-refractivity contribution in [3.05, 3.63) is 41.0 Å². The fraction of sp³-hybridized carbons (Fsp3) is 0.231. The molecule has 1 fully saturated rings. The third-order valence-corrected chi connectivity index (χ3v) is 2.66. The second kappa shape index (κ2) is 4.19. The molecule has 1 aromatic rings. The van der Waals surface area contributed by atoms with Crippen LogP contribution in [-0.4, -0.2) is 11.1 Å². The summed E-state index contributed by atoms with van der Waals surface area (Å²) in [5.74, 6) is -0.630. The molecule has 1 saturated carbocycles. The van der Waals surface area contributed by atoms with E-state index in [1.807, 2.05) is 24.3 Å². The van der Waals surface area contributed by atoms with Gasteiger partial charge in [0.1, 0.15) is 11.6 Å². The lowest BCUT2D eigenvalue weighted by molar-refractivity contribution is -0.132. The summed E-state index contributed by atoms with van der Waals surface area (Å²) < 4.78 is 0. The predicted octanol–water partition coefficient (Wildman–Crippen LogP) is 2.56. The SMILES string of the molecule is N#CC(=Cc1ccccc1C1CC1)C(=O)O. The molecule has 16 heavy (non-hydrogen) atoms. The number of carbonyl (C=O) groups is 1. The first-order valence-electron chi connectivity index (χ1n) is 5.16. The van der Waals surface area contributed by atoms with Crippen molar-refractivity contribution >= 4 is 12.0 Å². The third kappa shape index (κ3) is 2.12. The van der Waals surface area contributed by atoms with E-state index in [1.54, 1.807) is 6.07 Å². The van der Waals surface area contributed by atoms with E-state index in [1.165, 1.54) is 6.08 Å². The summed E-state index contributed by atoms with van der Waals surface area (Å²) in [7, 11) is 0. The molecule has 2 rings (SSSR count). The van der Waals surface area contributed by atoms with Crippen molar-refractivity contribution in [1.82, 2.24) is 0 Å². The van der Waals surface area contributed by atoms with Gasteiger partial charge in [-0.05, 0) is 36.0 Å². The molecule has 1 aromatic carbocycles. The molecule has 0 bridgehead atoms. The Bertz CT molecular complexity index is 493. The fourth-order valence-corrected chi connectivity index (χ4v) is 1.71. The first-order valence-corrected chi connectivity index (χ1v) is 5.16. The number of aliphatic carboxylic acids is 1. The van der Waals surface area contributed by atoms with Crippen LogP contribution in [-0.2, 0) is 4.79 Å². The molecule has 1 N–H and O–H groups in total. The Balaban J connectivity index is 2.40. The van der Waals surface area contributed by atoms with E-state index in [2.05, 4.69) is 0 Å². The lowest BCUT2D eigenvalue weighted by Gasteiger charge is -2.03. The maximum absolute atomic E-state index is 10.7. The van der Waals surface area contributed by atoms with Crippen LogP contribution >= 0.6 is 0 Å². The van der Waals surface area contributed by atoms with E-state index in [-0.39, 0.29) is 5.57 Å². The molecular formula is C13H11NO2. The van der Waals surface area contributed by atoms with Crippen molar-refractivity contribution in [2.75, 3.05) is 0 Å². The number of carboxylic acids is 1. The molecule has 0 amide bonds. The summed E-state index contributed by atoms with van der Waals surface area (Å²) in [6.07, 6.45) is 3.76. The van der Waals surface area contributed by atoms with E-state index in [4.69, 9.17) is 10.4 Å². The molecule has 1 aliphatic rings. The average molecular weight is 213 g/mol. The molecule has 0 spiro atoms. The maximum atomic E-state index is 10.7. The van der Waals surface area contributed by atoms with E-state index in [9.17, 15) is 4.79 Å². The zero-order valence-electron chi connectivity index (χ0n) is 8.68. The van der Waals surface area contributed by atoms with Gasteiger partial charge in [-0.3, -0.25) is 0 Å². The van der Waals surface area contributed by atoms with E-state index < -0.39 is 5.97 Å². The normalized spacial score (nSPS) is 15.6. The lowest BCUT2D eigenvalue weighted by Crippen LogP contribution is -1.98. The molecule has 0 heterocycles. The first-order chi connectivity index (χ1) is 7.72. The number of rotatable bonds is 3. The second-order valence-electron chi connectivity index (χ2n) is 3.88. The highest BCUT2D eigenvalue weighted by Gasteiger charge is 2.25. The van der Waals surface area contributed by atoms with Crippen LogP contribution in [0.4, 0.5) is 0 Å². The fourth-order valence-electron chi connectivity index (χ4n) is 1.71. The summed E-state index contributed by atoms with van der Waals surface area (Å²) in [5.41, 5.74) is 1.79. The number of benzene rings is 1. The van der Waals surface area contributed by atoms with Crippen LogP contribution in [0.2, 0.25) is 0 Å². The number of nitriles is 1. The quantitative estimate of drug-likeness (QED) is 0.620. The highest BCUT2D eigenvalue weighted by atomic mass is 16.4. The third-order valence-electron chi connectivity index (χ3n) is 2.66. The second-order valence-corrected chi connectivity index (χ2v) is 3.88. The van der Waals surface area contributed by atoms with Crippen molar-refractivity contribution in [1.29, 1.82) is 5.26 Å². The van der Waals surface area contributed by atoms with Gasteiger partial charge in [-0.1, -0.05) is 24.3 Å². The van der Waals surface area contributed by atoms with Gasteiger partial charge in [0.15, 0.2) is 0 Å². The van der Waals surface area contributed by atoms with Crippen LogP contribution in [0, 0.1) is 11.3 Å². The van der Waals surface area contributed by atoms with Gasteiger partial charge >= 0.3 is 5.97 Å². The van der Waals surface area contributed by atoms with E-state index in [0.29, 0.717) is 5.92 Å². The molecule has 0 saturated heterocycles. The number of hydrogen-bond acceptors (Lipinski definition) is 2. The molecule has 0 aromatic heterocycles. The van der Waals surface area contributed by atoms with Crippen LogP contribution in [0.5, 0.6) is 0 Å². The Kier molecular flexibility index (Phi) is 2.74. The van der Waals surface area contributed by atoms with Gasteiger partial charge in [-0.25, -0.2) is 4.79 Å². The van der Waals surface area contributed by atoms with Crippen LogP contribution < -0.4 is 0 Å². The molecule has 3 heteroatoms. The topological polar surface area (TPSA) is 61.1 Å². The van der Waals surface area contributed by atoms with Crippen molar-refractivity contribution < 1.29 is 9.90 Å². The van der Waals surface area contributed by atoms with Crippen molar-refractivity contribution in [3.8, 4) is 6.07 Å². The van der Waals surface area contributed by atoms with Gasteiger partial charge in [0.05, 0.1) is 0 Å². The van der Waals surface area contributed by atoms with Crippen LogP contribution in [0.1, 0.15) is 29.9 Å². The van der Waals surface area contributed by atoms with Gasteiger partial charge in [0, 0.05) is 0 Å². The first kappa shape index (κ1) is 10.4. The van der Waals surface area contributed by atoms with Gasteiger partial charge in [0.2, 0.25) is 0 Å². The minimum atomic E-state index is -1.17. The van der Waals surface area contributed by atoms with Crippen LogP contribution in [0.15, 0.2) is 29.8 Å². The Morgan fingerprint density at radius 2 is 2.12 bits per heavy atom. The minimum Gasteiger partial charge on any atom is -0.477 e. The molecule has 1 aliphatic carbocycles. The smallest absolute Gasteiger partial charge is 0.346 e. The van der Waals surface area contributed by atoms with E-state index >= 15 is 0 Å². The summed E-state index contributed by atoms with van der Waals surface area (Å²) in [6.45, 7) is 0. The summed E-state index contributed by atoms with van der Waals surface area (Å²) >= 11 is 0. The standard InChI is InChI=1S/C13H11NO2/c14-8-11(13(15)16)7-10-3-1-2-4-12(10)9-5-6-9/h1-4,7,9H,5-6H2,(H,15,16). The molecule has 0 aliphatic heterocycles. The van der Waals surface area contributed by atoms with Gasteiger partial charge in [-0.2, -0.15) is 5.26 Å². The van der Waals surface area contributed by atoms with Crippen LogP contribution in [0.25, 0.3) is 6.08 Å². The summed E-state index contributed by atoms with van der Waals surface area (Å²) in [4.78, 5) is 10.7.